The molecule has 0 atom stereocenters. The molecule has 0 saturated heterocycles. The van der Waals surface area contributed by atoms with E-state index >= 15 is 4.39 Å². The van der Waals surface area contributed by atoms with Crippen LogP contribution in [-0.4, -0.2) is 60.4 Å². The summed E-state index contributed by atoms with van der Waals surface area (Å²) in [7, 11) is 0. The average Bonchev–Trinajstić information content (AvgIpc) is 3.23. The zero-order valence-corrected chi connectivity index (χ0v) is 20.8. The lowest BCUT2D eigenvalue weighted by Gasteiger charge is -2.27. The second-order valence-electron chi connectivity index (χ2n) is 9.69. The quantitative estimate of drug-likeness (QED) is 0.346. The molecule has 9 nitrogen and oxygen atoms in total. The third-order valence-electron chi connectivity index (χ3n) is 6.31. The topological polar surface area (TPSA) is 120 Å². The van der Waals surface area contributed by atoms with Crippen LogP contribution in [0.4, 0.5) is 20.5 Å². The Bertz CT molecular complexity index is 1500. The molecule has 3 aromatic heterocycles. The first-order chi connectivity index (χ1) is 17.6. The van der Waals surface area contributed by atoms with Crippen LogP contribution in [0.5, 0.6) is 0 Å². The number of aromatic amines is 1. The number of Topliss-reactive ketones (excluding diaryl/α,β-unsaturated/α-hetero) is 1. The van der Waals surface area contributed by atoms with Crippen molar-refractivity contribution in [1.82, 2.24) is 29.8 Å². The van der Waals surface area contributed by atoms with E-state index in [4.69, 9.17) is 5.11 Å². The van der Waals surface area contributed by atoms with Gasteiger partial charge < -0.3 is 15.4 Å². The number of alkyl halides is 1. The molecule has 0 aliphatic carbocycles. The number of ketones is 1. The Labute approximate surface area is 212 Å². The molecule has 192 valence electrons. The summed E-state index contributed by atoms with van der Waals surface area (Å²) >= 11 is 0. The molecule has 1 aromatic carbocycles. The number of aryl methyl sites for hydroxylation is 1. The van der Waals surface area contributed by atoms with Gasteiger partial charge in [-0.05, 0) is 44.5 Å². The second-order valence-corrected chi connectivity index (χ2v) is 9.69. The summed E-state index contributed by atoms with van der Waals surface area (Å²) < 4.78 is 29.9. The van der Waals surface area contributed by atoms with Crippen LogP contribution >= 0.6 is 0 Å². The minimum atomic E-state index is -1.70. The summed E-state index contributed by atoms with van der Waals surface area (Å²) in [5.74, 6) is 0.422. The van der Waals surface area contributed by atoms with Crippen LogP contribution < -0.4 is 5.32 Å². The third-order valence-corrected chi connectivity index (χ3v) is 6.31. The van der Waals surface area contributed by atoms with Gasteiger partial charge in [0.05, 0.1) is 23.8 Å². The number of halogens is 2. The number of carbonyl (C=O) groups is 1. The molecule has 11 heteroatoms. The van der Waals surface area contributed by atoms with Crippen LogP contribution in [0.3, 0.4) is 0 Å². The molecule has 0 spiro atoms. The standard InChI is InChI=1S/C26H27F2N7O2/c1-14-30-21-9-16(8-18(24(21)31-14)26(2,3)28)23-19(27)10-29-25(34-23)33-22-5-4-15-11-35(12-17(37)13-36)7-6-20(15)32-22/h4-5,8-10,36H,6-7,11-13H2,1-3H3,(H,30,31)(H,29,32,33,34). The van der Waals surface area contributed by atoms with Crippen molar-refractivity contribution in [2.45, 2.75) is 39.4 Å². The molecule has 0 radical (unpaired) electrons. The molecule has 4 heterocycles. The molecule has 1 aliphatic heterocycles. The number of aliphatic hydroxyl groups excluding tert-OH is 1. The van der Waals surface area contributed by atoms with Gasteiger partial charge in [-0.3, -0.25) is 9.69 Å². The molecule has 0 saturated carbocycles. The van der Waals surface area contributed by atoms with Crippen LogP contribution in [0.15, 0.2) is 30.5 Å². The van der Waals surface area contributed by atoms with E-state index in [1.165, 1.54) is 13.8 Å². The maximum atomic E-state index is 15.0. The highest BCUT2D eigenvalue weighted by Gasteiger charge is 2.26. The first-order valence-corrected chi connectivity index (χ1v) is 11.9. The number of aliphatic hydroxyl groups is 1. The molecule has 1 aliphatic rings. The van der Waals surface area contributed by atoms with Crippen molar-refractivity contribution in [2.75, 3.05) is 25.0 Å². The van der Waals surface area contributed by atoms with Crippen molar-refractivity contribution < 1.29 is 18.7 Å². The number of fused-ring (bicyclic) bond motifs is 2. The van der Waals surface area contributed by atoms with Gasteiger partial charge in [-0.15, -0.1) is 0 Å². The fourth-order valence-electron chi connectivity index (χ4n) is 4.55. The van der Waals surface area contributed by atoms with E-state index < -0.39 is 18.1 Å². The van der Waals surface area contributed by atoms with Crippen LogP contribution in [0.1, 0.15) is 36.5 Å². The Kier molecular flexibility index (Phi) is 6.42. The predicted octanol–water partition coefficient (Wildman–Crippen LogP) is 3.73. The second kappa shape index (κ2) is 9.56. The van der Waals surface area contributed by atoms with Crippen LogP contribution in [0.25, 0.3) is 22.3 Å². The number of imidazole rings is 1. The number of nitrogens with zero attached hydrogens (tertiary/aromatic N) is 5. The highest BCUT2D eigenvalue weighted by atomic mass is 19.1. The molecule has 4 aromatic rings. The van der Waals surface area contributed by atoms with Gasteiger partial charge in [0.25, 0.3) is 0 Å². The number of hydrogen-bond donors (Lipinski definition) is 3. The van der Waals surface area contributed by atoms with E-state index in [1.807, 2.05) is 11.0 Å². The molecule has 37 heavy (non-hydrogen) atoms. The highest BCUT2D eigenvalue weighted by molar-refractivity contribution is 5.85. The number of aromatic nitrogens is 5. The molecule has 0 bridgehead atoms. The Morgan fingerprint density at radius 3 is 2.81 bits per heavy atom. The van der Waals surface area contributed by atoms with Crippen molar-refractivity contribution in [1.29, 1.82) is 0 Å². The number of rotatable bonds is 7. The summed E-state index contributed by atoms with van der Waals surface area (Å²) in [6, 6.07) is 6.95. The van der Waals surface area contributed by atoms with Gasteiger partial charge in [0.2, 0.25) is 5.95 Å². The molecule has 0 fully saturated rings. The zero-order chi connectivity index (χ0) is 26.3. The maximum absolute atomic E-state index is 15.0. The molecular weight excluding hydrogens is 480 g/mol. The normalized spacial score (nSPS) is 14.1. The predicted molar refractivity (Wildman–Crippen MR) is 135 cm³/mol. The van der Waals surface area contributed by atoms with Crippen LogP contribution in [-0.2, 0) is 23.4 Å². The Morgan fingerprint density at radius 2 is 2.05 bits per heavy atom. The first-order valence-electron chi connectivity index (χ1n) is 11.9. The minimum Gasteiger partial charge on any atom is -0.389 e. The lowest BCUT2D eigenvalue weighted by molar-refractivity contribution is -0.123. The smallest absolute Gasteiger partial charge is 0.229 e. The number of anilines is 2. The van der Waals surface area contributed by atoms with Gasteiger partial charge in [0.1, 0.15) is 29.6 Å². The van der Waals surface area contributed by atoms with Crippen molar-refractivity contribution in [3.8, 4) is 11.3 Å². The zero-order valence-electron chi connectivity index (χ0n) is 20.8. The molecule has 5 rings (SSSR count). The lowest BCUT2D eigenvalue weighted by atomic mass is 9.95. The summed E-state index contributed by atoms with van der Waals surface area (Å²) in [5.41, 5.74) is 2.03. The minimum absolute atomic E-state index is 0.0271. The molecule has 3 N–H and O–H groups in total. The summed E-state index contributed by atoms with van der Waals surface area (Å²) in [6.07, 6.45) is 1.71. The monoisotopic (exact) mass is 507 g/mol. The van der Waals surface area contributed by atoms with Gasteiger partial charge in [-0.2, -0.15) is 0 Å². The largest absolute Gasteiger partial charge is 0.389 e. The summed E-state index contributed by atoms with van der Waals surface area (Å²) in [4.78, 5) is 34.1. The van der Waals surface area contributed by atoms with E-state index in [0.717, 1.165) is 17.5 Å². The Morgan fingerprint density at radius 1 is 1.24 bits per heavy atom. The fourth-order valence-corrected chi connectivity index (χ4v) is 4.55. The van der Waals surface area contributed by atoms with E-state index in [9.17, 15) is 9.18 Å². The van der Waals surface area contributed by atoms with Gasteiger partial charge in [-0.25, -0.2) is 28.7 Å². The third kappa shape index (κ3) is 5.18. The number of hydrogen-bond acceptors (Lipinski definition) is 8. The van der Waals surface area contributed by atoms with Crippen molar-refractivity contribution in [3.05, 3.63) is 58.9 Å². The van der Waals surface area contributed by atoms with Crippen molar-refractivity contribution in [3.63, 3.8) is 0 Å². The average molecular weight is 508 g/mol. The number of pyridine rings is 1. The molecule has 0 unspecified atom stereocenters. The molecule has 0 amide bonds. The van der Waals surface area contributed by atoms with Gasteiger partial charge in [0, 0.05) is 36.3 Å². The summed E-state index contributed by atoms with van der Waals surface area (Å²) in [6.45, 7) is 5.59. The van der Waals surface area contributed by atoms with Crippen LogP contribution in [0, 0.1) is 12.7 Å². The van der Waals surface area contributed by atoms with E-state index in [0.29, 0.717) is 53.3 Å². The first kappa shape index (κ1) is 24.8. The number of nitrogens with one attached hydrogen (secondary N) is 2. The molecular formula is C26H27F2N7O2. The number of H-pyrrole nitrogens is 1. The maximum Gasteiger partial charge on any atom is 0.229 e. The lowest BCUT2D eigenvalue weighted by Crippen LogP contribution is -2.36. The number of carbonyl (C=O) groups excluding carboxylic acids is 1. The fraction of sp³-hybridized carbons (Fsp3) is 0.346. The van der Waals surface area contributed by atoms with E-state index in [1.54, 1.807) is 25.1 Å². The Balaban J connectivity index is 1.43. The van der Waals surface area contributed by atoms with Gasteiger partial charge in [-0.1, -0.05) is 6.07 Å². The number of benzene rings is 1. The van der Waals surface area contributed by atoms with E-state index in [-0.39, 0.29) is 24.0 Å². The van der Waals surface area contributed by atoms with Crippen molar-refractivity contribution in [2.24, 2.45) is 0 Å². The van der Waals surface area contributed by atoms with Gasteiger partial charge in [0.15, 0.2) is 11.6 Å². The van der Waals surface area contributed by atoms with Crippen LogP contribution in [0.2, 0.25) is 0 Å². The SMILES string of the molecule is Cc1nc2c(C(C)(C)F)cc(-c3nc(Nc4ccc5c(n4)CCN(CC(=O)CO)C5)ncc3F)cc2[nH]1. The Hall–Kier alpha value is -3.83. The van der Waals surface area contributed by atoms with E-state index in [2.05, 4.69) is 30.2 Å². The van der Waals surface area contributed by atoms with Gasteiger partial charge >= 0.3 is 0 Å². The highest BCUT2D eigenvalue weighted by Crippen LogP contribution is 2.35. The summed E-state index contributed by atoms with van der Waals surface area (Å²) in [5, 5.41) is 12.0. The van der Waals surface area contributed by atoms with Crippen molar-refractivity contribution >= 4 is 28.6 Å².